The number of hydrogen-bond acceptors (Lipinski definition) is 2. The topological polar surface area (TPSA) is 21.3 Å². The zero-order chi connectivity index (χ0) is 13.4. The molecule has 1 atom stereocenters. The van der Waals surface area contributed by atoms with E-state index in [1.807, 2.05) is 19.1 Å². The fourth-order valence-corrected chi connectivity index (χ4v) is 1.88. The Labute approximate surface area is 111 Å². The molecule has 18 heavy (non-hydrogen) atoms. The third kappa shape index (κ3) is 4.92. The van der Waals surface area contributed by atoms with Gasteiger partial charge in [0.2, 0.25) is 0 Å². The molecule has 0 aliphatic carbocycles. The molecule has 100 valence electrons. The van der Waals surface area contributed by atoms with Gasteiger partial charge in [-0.1, -0.05) is 31.6 Å². The second-order valence-corrected chi connectivity index (χ2v) is 4.64. The van der Waals surface area contributed by atoms with Crippen LogP contribution in [0.5, 0.6) is 5.75 Å². The SMILES string of the molecule is C=C(C)CCOc1ccc(C(CC)NCC)cc1. The molecule has 0 spiro atoms. The molecule has 0 saturated carbocycles. The average Bonchev–Trinajstić information content (AvgIpc) is 2.36. The van der Waals surface area contributed by atoms with E-state index in [2.05, 4.69) is 37.9 Å². The van der Waals surface area contributed by atoms with Crippen molar-refractivity contribution in [1.29, 1.82) is 0 Å². The molecule has 0 aliphatic heterocycles. The fourth-order valence-electron chi connectivity index (χ4n) is 1.88. The highest BCUT2D eigenvalue weighted by molar-refractivity contribution is 5.29. The van der Waals surface area contributed by atoms with Gasteiger partial charge in [0, 0.05) is 12.5 Å². The second-order valence-electron chi connectivity index (χ2n) is 4.64. The van der Waals surface area contributed by atoms with Gasteiger partial charge in [-0.3, -0.25) is 0 Å². The van der Waals surface area contributed by atoms with Crippen molar-refractivity contribution in [3.8, 4) is 5.75 Å². The summed E-state index contributed by atoms with van der Waals surface area (Å²) in [6.45, 7) is 11.9. The summed E-state index contributed by atoms with van der Waals surface area (Å²) in [5, 5.41) is 3.47. The predicted octanol–water partition coefficient (Wildman–Crippen LogP) is 4.09. The maximum absolute atomic E-state index is 5.66. The maximum atomic E-state index is 5.66. The summed E-state index contributed by atoms with van der Waals surface area (Å²) in [7, 11) is 0. The van der Waals surface area contributed by atoms with Gasteiger partial charge in [0.15, 0.2) is 0 Å². The van der Waals surface area contributed by atoms with Gasteiger partial charge < -0.3 is 10.1 Å². The lowest BCUT2D eigenvalue weighted by molar-refractivity contribution is 0.321. The lowest BCUT2D eigenvalue weighted by Gasteiger charge is -2.16. The van der Waals surface area contributed by atoms with Gasteiger partial charge in [0.05, 0.1) is 6.61 Å². The minimum Gasteiger partial charge on any atom is -0.493 e. The van der Waals surface area contributed by atoms with Crippen LogP contribution in [0.2, 0.25) is 0 Å². The van der Waals surface area contributed by atoms with E-state index in [1.54, 1.807) is 0 Å². The molecule has 0 bridgehead atoms. The summed E-state index contributed by atoms with van der Waals surface area (Å²) in [5.41, 5.74) is 2.48. The Morgan fingerprint density at radius 2 is 1.94 bits per heavy atom. The Morgan fingerprint density at radius 1 is 1.28 bits per heavy atom. The molecular weight excluding hydrogens is 222 g/mol. The number of rotatable bonds is 8. The summed E-state index contributed by atoms with van der Waals surface area (Å²) in [6, 6.07) is 8.83. The van der Waals surface area contributed by atoms with E-state index in [4.69, 9.17) is 4.74 Å². The highest BCUT2D eigenvalue weighted by Crippen LogP contribution is 2.20. The van der Waals surface area contributed by atoms with E-state index >= 15 is 0 Å². The van der Waals surface area contributed by atoms with Crippen LogP contribution in [-0.4, -0.2) is 13.2 Å². The summed E-state index contributed by atoms with van der Waals surface area (Å²) in [6.07, 6.45) is 2.01. The Kier molecular flexibility index (Phi) is 6.51. The molecule has 0 aromatic heterocycles. The van der Waals surface area contributed by atoms with Crippen LogP contribution < -0.4 is 10.1 Å². The van der Waals surface area contributed by atoms with Crippen molar-refractivity contribution >= 4 is 0 Å². The predicted molar refractivity (Wildman–Crippen MR) is 78.1 cm³/mol. The largest absolute Gasteiger partial charge is 0.493 e. The summed E-state index contributed by atoms with van der Waals surface area (Å²) < 4.78 is 5.66. The first-order valence-corrected chi connectivity index (χ1v) is 6.77. The molecule has 1 N–H and O–H groups in total. The van der Waals surface area contributed by atoms with Gasteiger partial charge in [0.25, 0.3) is 0 Å². The first-order chi connectivity index (χ1) is 8.67. The van der Waals surface area contributed by atoms with Gasteiger partial charge in [-0.2, -0.15) is 0 Å². The lowest BCUT2D eigenvalue weighted by atomic mass is 10.0. The molecule has 2 heteroatoms. The molecule has 0 heterocycles. The van der Waals surface area contributed by atoms with Crippen LogP contribution in [0.15, 0.2) is 36.4 Å². The second kappa shape index (κ2) is 7.93. The van der Waals surface area contributed by atoms with Crippen molar-refractivity contribution in [3.63, 3.8) is 0 Å². The summed E-state index contributed by atoms with van der Waals surface area (Å²) in [4.78, 5) is 0. The monoisotopic (exact) mass is 247 g/mol. The summed E-state index contributed by atoms with van der Waals surface area (Å²) in [5.74, 6) is 0.936. The Hall–Kier alpha value is -1.28. The van der Waals surface area contributed by atoms with Crippen molar-refractivity contribution in [3.05, 3.63) is 42.0 Å². The third-order valence-electron chi connectivity index (χ3n) is 2.94. The first-order valence-electron chi connectivity index (χ1n) is 6.77. The average molecular weight is 247 g/mol. The van der Waals surface area contributed by atoms with Crippen LogP contribution in [0.3, 0.4) is 0 Å². The Balaban J connectivity index is 2.53. The Bertz CT molecular complexity index is 356. The van der Waals surface area contributed by atoms with Crippen LogP contribution in [-0.2, 0) is 0 Å². The molecular formula is C16H25NO. The minimum atomic E-state index is 0.444. The smallest absolute Gasteiger partial charge is 0.119 e. The van der Waals surface area contributed by atoms with Crippen LogP contribution in [0.4, 0.5) is 0 Å². The number of benzene rings is 1. The minimum absolute atomic E-state index is 0.444. The highest BCUT2D eigenvalue weighted by Gasteiger charge is 2.07. The third-order valence-corrected chi connectivity index (χ3v) is 2.94. The maximum Gasteiger partial charge on any atom is 0.119 e. The van der Waals surface area contributed by atoms with Gasteiger partial charge in [0.1, 0.15) is 5.75 Å². The normalized spacial score (nSPS) is 12.2. The van der Waals surface area contributed by atoms with Crippen LogP contribution in [0.1, 0.15) is 45.2 Å². The molecule has 2 nitrogen and oxygen atoms in total. The van der Waals surface area contributed by atoms with E-state index in [9.17, 15) is 0 Å². The van der Waals surface area contributed by atoms with Crippen molar-refractivity contribution in [2.24, 2.45) is 0 Å². The van der Waals surface area contributed by atoms with Crippen molar-refractivity contribution in [2.45, 2.75) is 39.7 Å². The van der Waals surface area contributed by atoms with Crippen molar-refractivity contribution in [2.75, 3.05) is 13.2 Å². The summed E-state index contributed by atoms with van der Waals surface area (Å²) >= 11 is 0. The molecule has 0 fully saturated rings. The lowest BCUT2D eigenvalue weighted by Crippen LogP contribution is -2.19. The molecule has 0 aliphatic rings. The van der Waals surface area contributed by atoms with E-state index in [0.29, 0.717) is 12.6 Å². The van der Waals surface area contributed by atoms with Gasteiger partial charge in [-0.25, -0.2) is 0 Å². The van der Waals surface area contributed by atoms with Crippen molar-refractivity contribution in [1.82, 2.24) is 5.32 Å². The molecule has 1 aromatic carbocycles. The number of nitrogens with one attached hydrogen (secondary N) is 1. The fraction of sp³-hybridized carbons (Fsp3) is 0.500. The van der Waals surface area contributed by atoms with E-state index < -0.39 is 0 Å². The van der Waals surface area contributed by atoms with E-state index in [-0.39, 0.29) is 0 Å². The Morgan fingerprint density at radius 3 is 2.44 bits per heavy atom. The molecule has 1 aromatic rings. The quantitative estimate of drug-likeness (QED) is 0.699. The van der Waals surface area contributed by atoms with Crippen LogP contribution in [0.25, 0.3) is 0 Å². The number of ether oxygens (including phenoxy) is 1. The van der Waals surface area contributed by atoms with Crippen molar-refractivity contribution < 1.29 is 4.74 Å². The zero-order valence-electron chi connectivity index (χ0n) is 11.8. The molecule has 1 rings (SSSR count). The first kappa shape index (κ1) is 14.8. The van der Waals surface area contributed by atoms with Gasteiger partial charge in [-0.05, 0) is 37.6 Å². The highest BCUT2D eigenvalue weighted by atomic mass is 16.5. The molecule has 0 radical (unpaired) electrons. The zero-order valence-corrected chi connectivity index (χ0v) is 11.8. The molecule has 0 amide bonds. The number of hydrogen-bond donors (Lipinski definition) is 1. The standard InChI is InChI=1S/C16H25NO/c1-5-16(17-6-2)14-7-9-15(10-8-14)18-12-11-13(3)4/h7-10,16-17H,3,5-6,11-12H2,1-2,4H3. The van der Waals surface area contributed by atoms with Crippen LogP contribution in [0, 0.1) is 0 Å². The van der Waals surface area contributed by atoms with Gasteiger partial charge >= 0.3 is 0 Å². The van der Waals surface area contributed by atoms with Crippen LogP contribution >= 0.6 is 0 Å². The van der Waals surface area contributed by atoms with E-state index in [1.165, 1.54) is 5.56 Å². The van der Waals surface area contributed by atoms with E-state index in [0.717, 1.165) is 30.7 Å². The molecule has 1 unspecified atom stereocenters. The van der Waals surface area contributed by atoms with Gasteiger partial charge in [-0.15, -0.1) is 6.58 Å². The molecule has 0 saturated heterocycles.